The highest BCUT2D eigenvalue weighted by atomic mass is 19.4. The molecule has 31 heavy (non-hydrogen) atoms. The number of rotatable bonds is 6. The van der Waals surface area contributed by atoms with Crippen LogP contribution in [-0.2, 0) is 16.5 Å². The van der Waals surface area contributed by atoms with E-state index in [4.69, 9.17) is 0 Å². The third-order valence-electron chi connectivity index (χ3n) is 5.10. The van der Waals surface area contributed by atoms with Gasteiger partial charge in [-0.25, -0.2) is 0 Å². The van der Waals surface area contributed by atoms with Crippen molar-refractivity contribution in [3.05, 3.63) is 47.3 Å². The van der Waals surface area contributed by atoms with E-state index in [-0.39, 0.29) is 30.0 Å². The average molecular weight is 436 g/mol. The van der Waals surface area contributed by atoms with Gasteiger partial charge in [0, 0.05) is 18.2 Å². The Morgan fingerprint density at radius 3 is 2.39 bits per heavy atom. The summed E-state index contributed by atoms with van der Waals surface area (Å²) >= 11 is 0. The zero-order valence-electron chi connectivity index (χ0n) is 18.1. The summed E-state index contributed by atoms with van der Waals surface area (Å²) in [6.07, 6.45) is -2.50. The highest BCUT2D eigenvalue weighted by molar-refractivity contribution is 5.98. The van der Waals surface area contributed by atoms with Crippen LogP contribution in [0.1, 0.15) is 68.2 Å². The van der Waals surface area contributed by atoms with Gasteiger partial charge >= 0.3 is 6.18 Å². The molecule has 2 amide bonds. The van der Waals surface area contributed by atoms with Crippen LogP contribution in [0.3, 0.4) is 0 Å². The number of carbonyl (C=O) groups is 2. The lowest BCUT2D eigenvalue weighted by molar-refractivity contribution is -0.137. The number of carbonyl (C=O) groups excluding carboxylic acids is 2. The third kappa shape index (κ3) is 5.26. The number of amides is 2. The van der Waals surface area contributed by atoms with Crippen molar-refractivity contribution >= 4 is 17.5 Å². The zero-order valence-corrected chi connectivity index (χ0v) is 18.1. The first-order valence-electron chi connectivity index (χ1n) is 10.3. The number of hydrogen-bond acceptors (Lipinski definition) is 3. The molecule has 6 nitrogen and oxygen atoms in total. The average Bonchev–Trinajstić information content (AvgIpc) is 3.42. The molecule has 0 radical (unpaired) electrons. The second-order valence-electron chi connectivity index (χ2n) is 8.72. The topological polar surface area (TPSA) is 67.2 Å². The minimum absolute atomic E-state index is 0.217. The fraction of sp³-hybridized carbons (Fsp3) is 0.500. The predicted octanol–water partition coefficient (Wildman–Crippen LogP) is 4.64. The molecule has 1 aliphatic carbocycles. The van der Waals surface area contributed by atoms with Crippen LogP contribution in [0, 0.1) is 0 Å². The number of para-hydroxylation sites is 1. The number of aromatic nitrogens is 2. The van der Waals surface area contributed by atoms with Crippen LogP contribution in [0.4, 0.5) is 18.9 Å². The van der Waals surface area contributed by atoms with Crippen molar-refractivity contribution < 1.29 is 22.8 Å². The summed E-state index contributed by atoms with van der Waals surface area (Å²) in [5, 5.41) is 6.77. The molecule has 0 bridgehead atoms. The van der Waals surface area contributed by atoms with Crippen LogP contribution in [0.2, 0.25) is 0 Å². The van der Waals surface area contributed by atoms with Crippen molar-refractivity contribution in [3.8, 4) is 0 Å². The molecule has 1 aliphatic rings. The largest absolute Gasteiger partial charge is 0.418 e. The van der Waals surface area contributed by atoms with E-state index in [9.17, 15) is 22.8 Å². The number of likely N-dealkylation sites (N-methyl/N-ethyl adjacent to an activating group) is 1. The first-order chi connectivity index (χ1) is 14.4. The maximum Gasteiger partial charge on any atom is 0.418 e. The molecule has 1 aromatic heterocycles. The molecule has 168 valence electrons. The first-order valence-corrected chi connectivity index (χ1v) is 10.3. The van der Waals surface area contributed by atoms with Crippen LogP contribution in [-0.4, -0.2) is 39.6 Å². The molecular formula is C22H27F3N4O2. The van der Waals surface area contributed by atoms with Gasteiger partial charge in [-0.15, -0.1) is 0 Å². The van der Waals surface area contributed by atoms with Crippen molar-refractivity contribution in [1.82, 2.24) is 14.7 Å². The van der Waals surface area contributed by atoms with E-state index in [1.54, 1.807) is 13.0 Å². The molecule has 1 aromatic carbocycles. The molecule has 0 spiro atoms. The number of hydrogen-bond donors (Lipinski definition) is 1. The van der Waals surface area contributed by atoms with E-state index in [1.165, 1.54) is 23.1 Å². The van der Waals surface area contributed by atoms with Gasteiger partial charge in [-0.2, -0.15) is 18.3 Å². The number of nitrogens with zero attached hydrogens (tertiary/aromatic N) is 3. The Bertz CT molecular complexity index is 972. The Morgan fingerprint density at radius 1 is 1.19 bits per heavy atom. The molecule has 3 rings (SSSR count). The number of benzene rings is 1. The SMILES string of the molecule is CCN(CC(=O)Nc1ccccc1C(F)(F)F)C(=O)c1cc(C2CC2)n(C(C)(C)C)n1. The van der Waals surface area contributed by atoms with Gasteiger partial charge in [0.2, 0.25) is 5.91 Å². The van der Waals surface area contributed by atoms with Crippen molar-refractivity contribution in [2.45, 2.75) is 58.2 Å². The van der Waals surface area contributed by atoms with E-state index in [1.807, 2.05) is 25.5 Å². The van der Waals surface area contributed by atoms with Gasteiger partial charge in [-0.3, -0.25) is 14.3 Å². The van der Waals surface area contributed by atoms with E-state index >= 15 is 0 Å². The van der Waals surface area contributed by atoms with Gasteiger partial charge in [0.05, 0.1) is 16.8 Å². The highest BCUT2D eigenvalue weighted by Gasteiger charge is 2.35. The quantitative estimate of drug-likeness (QED) is 0.718. The Morgan fingerprint density at radius 2 is 1.84 bits per heavy atom. The fourth-order valence-corrected chi connectivity index (χ4v) is 3.40. The summed E-state index contributed by atoms with van der Waals surface area (Å²) < 4.78 is 41.3. The zero-order chi connectivity index (χ0) is 23.0. The molecule has 0 unspecified atom stereocenters. The second-order valence-corrected chi connectivity index (χ2v) is 8.72. The Balaban J connectivity index is 1.76. The summed E-state index contributed by atoms with van der Waals surface area (Å²) in [5.74, 6) is -0.748. The summed E-state index contributed by atoms with van der Waals surface area (Å²) in [7, 11) is 0. The first kappa shape index (κ1) is 22.8. The van der Waals surface area contributed by atoms with Crippen molar-refractivity contribution in [3.63, 3.8) is 0 Å². The second kappa shape index (κ2) is 8.36. The molecule has 0 aliphatic heterocycles. The van der Waals surface area contributed by atoms with E-state index in [0.717, 1.165) is 24.6 Å². The number of nitrogens with one attached hydrogen (secondary N) is 1. The molecule has 9 heteroatoms. The Hall–Kier alpha value is -2.84. The van der Waals surface area contributed by atoms with Crippen molar-refractivity contribution in [2.75, 3.05) is 18.4 Å². The lowest BCUT2D eigenvalue weighted by Crippen LogP contribution is -2.38. The smallest absolute Gasteiger partial charge is 0.328 e. The number of halogens is 3. The summed E-state index contributed by atoms with van der Waals surface area (Å²) in [4.78, 5) is 26.7. The Kier molecular flexibility index (Phi) is 6.16. The van der Waals surface area contributed by atoms with Gasteiger partial charge in [0.25, 0.3) is 5.91 Å². The minimum Gasteiger partial charge on any atom is -0.328 e. The normalized spacial score (nSPS) is 14.4. The van der Waals surface area contributed by atoms with Crippen LogP contribution < -0.4 is 5.32 Å². The molecule has 0 saturated heterocycles. The minimum atomic E-state index is -4.59. The lowest BCUT2D eigenvalue weighted by Gasteiger charge is -2.23. The molecule has 2 aromatic rings. The van der Waals surface area contributed by atoms with Gasteiger partial charge in [-0.1, -0.05) is 12.1 Å². The molecule has 0 atom stereocenters. The summed E-state index contributed by atoms with van der Waals surface area (Å²) in [6.45, 7) is 7.56. The molecule has 1 fully saturated rings. The molecule has 1 saturated carbocycles. The summed E-state index contributed by atoms with van der Waals surface area (Å²) in [5.41, 5.74) is -0.337. The molecule has 1 N–H and O–H groups in total. The highest BCUT2D eigenvalue weighted by Crippen LogP contribution is 2.42. The molecule has 1 heterocycles. The van der Waals surface area contributed by atoms with Gasteiger partial charge in [0.15, 0.2) is 5.69 Å². The van der Waals surface area contributed by atoms with Gasteiger partial charge < -0.3 is 10.2 Å². The monoisotopic (exact) mass is 436 g/mol. The standard InChI is InChI=1S/C22H27F3N4O2/c1-5-28(13-19(30)26-16-9-7-6-8-15(16)22(23,24)25)20(31)17-12-18(14-10-11-14)29(27-17)21(2,3)4/h6-9,12,14H,5,10-11,13H2,1-4H3,(H,26,30). The number of alkyl halides is 3. The molecular weight excluding hydrogens is 409 g/mol. The van der Waals surface area contributed by atoms with E-state index in [2.05, 4.69) is 10.4 Å². The van der Waals surface area contributed by atoms with E-state index < -0.39 is 23.6 Å². The van der Waals surface area contributed by atoms with Crippen LogP contribution in [0.15, 0.2) is 30.3 Å². The fourth-order valence-electron chi connectivity index (χ4n) is 3.40. The maximum absolute atomic E-state index is 13.2. The van der Waals surface area contributed by atoms with Gasteiger partial charge in [0.1, 0.15) is 6.54 Å². The third-order valence-corrected chi connectivity index (χ3v) is 5.10. The predicted molar refractivity (Wildman–Crippen MR) is 111 cm³/mol. The van der Waals surface area contributed by atoms with Crippen LogP contribution >= 0.6 is 0 Å². The van der Waals surface area contributed by atoms with Crippen LogP contribution in [0.5, 0.6) is 0 Å². The van der Waals surface area contributed by atoms with Gasteiger partial charge in [-0.05, 0) is 58.7 Å². The summed E-state index contributed by atoms with van der Waals surface area (Å²) in [6, 6.07) is 6.52. The lowest BCUT2D eigenvalue weighted by atomic mass is 10.1. The van der Waals surface area contributed by atoms with Crippen LogP contribution in [0.25, 0.3) is 0 Å². The Labute approximate surface area is 179 Å². The van der Waals surface area contributed by atoms with E-state index in [0.29, 0.717) is 5.92 Å². The van der Waals surface area contributed by atoms with Crippen molar-refractivity contribution in [2.24, 2.45) is 0 Å². The maximum atomic E-state index is 13.2. The van der Waals surface area contributed by atoms with Crippen molar-refractivity contribution in [1.29, 1.82) is 0 Å². The number of anilines is 1.